The van der Waals surface area contributed by atoms with Crippen LogP contribution in [0.25, 0.3) is 0 Å². The zero-order valence-corrected chi connectivity index (χ0v) is 13.5. The second-order valence-corrected chi connectivity index (χ2v) is 6.75. The SMILES string of the molecule is COc1ccc(S(=O)(=O)NCCc2ccccc2O)cc1Cl. The van der Waals surface area contributed by atoms with Gasteiger partial charge in [-0.2, -0.15) is 0 Å². The van der Waals surface area contributed by atoms with Gasteiger partial charge in [0, 0.05) is 6.54 Å². The highest BCUT2D eigenvalue weighted by Gasteiger charge is 2.15. The van der Waals surface area contributed by atoms with Crippen LogP contribution >= 0.6 is 11.6 Å². The van der Waals surface area contributed by atoms with Crippen molar-refractivity contribution in [3.63, 3.8) is 0 Å². The first-order valence-electron chi connectivity index (χ1n) is 6.54. The first-order valence-corrected chi connectivity index (χ1v) is 8.40. The van der Waals surface area contributed by atoms with E-state index in [1.54, 1.807) is 24.3 Å². The lowest BCUT2D eigenvalue weighted by molar-refractivity contribution is 0.414. The molecule has 5 nitrogen and oxygen atoms in total. The van der Waals surface area contributed by atoms with Gasteiger partial charge in [-0.3, -0.25) is 0 Å². The predicted molar refractivity (Wildman–Crippen MR) is 85.0 cm³/mol. The summed E-state index contributed by atoms with van der Waals surface area (Å²) in [4.78, 5) is 0.0654. The normalized spacial score (nSPS) is 11.4. The smallest absolute Gasteiger partial charge is 0.240 e. The summed E-state index contributed by atoms with van der Waals surface area (Å²) in [5, 5.41) is 9.87. The number of methoxy groups -OCH3 is 1. The Morgan fingerprint density at radius 3 is 2.59 bits per heavy atom. The Morgan fingerprint density at radius 1 is 1.23 bits per heavy atom. The molecular weight excluding hydrogens is 326 g/mol. The molecule has 118 valence electrons. The van der Waals surface area contributed by atoms with Crippen LogP contribution in [0.5, 0.6) is 11.5 Å². The molecule has 2 aromatic carbocycles. The highest BCUT2D eigenvalue weighted by atomic mass is 35.5. The summed E-state index contributed by atoms with van der Waals surface area (Å²) in [6, 6.07) is 11.1. The highest BCUT2D eigenvalue weighted by Crippen LogP contribution is 2.26. The van der Waals surface area contributed by atoms with Crippen LogP contribution in [-0.2, 0) is 16.4 Å². The van der Waals surface area contributed by atoms with Crippen molar-refractivity contribution in [2.45, 2.75) is 11.3 Å². The first-order chi connectivity index (χ1) is 10.4. The molecule has 0 bridgehead atoms. The summed E-state index contributed by atoms with van der Waals surface area (Å²) in [6.45, 7) is 0.170. The largest absolute Gasteiger partial charge is 0.508 e. The summed E-state index contributed by atoms with van der Waals surface area (Å²) < 4.78 is 31.8. The van der Waals surface area contributed by atoms with Crippen LogP contribution in [0.15, 0.2) is 47.4 Å². The van der Waals surface area contributed by atoms with E-state index >= 15 is 0 Å². The van der Waals surface area contributed by atoms with Crippen molar-refractivity contribution in [1.82, 2.24) is 4.72 Å². The quantitative estimate of drug-likeness (QED) is 0.846. The lowest BCUT2D eigenvalue weighted by Gasteiger charge is -2.09. The number of benzene rings is 2. The number of halogens is 1. The summed E-state index contributed by atoms with van der Waals surface area (Å²) in [7, 11) is -2.20. The molecule has 0 spiro atoms. The van der Waals surface area contributed by atoms with Crippen LogP contribution in [0.1, 0.15) is 5.56 Å². The van der Waals surface area contributed by atoms with Gasteiger partial charge in [-0.15, -0.1) is 0 Å². The molecule has 0 heterocycles. The zero-order valence-electron chi connectivity index (χ0n) is 11.9. The van der Waals surface area contributed by atoms with Crippen molar-refractivity contribution in [2.75, 3.05) is 13.7 Å². The zero-order chi connectivity index (χ0) is 16.2. The van der Waals surface area contributed by atoms with Gasteiger partial charge < -0.3 is 9.84 Å². The van der Waals surface area contributed by atoms with Gasteiger partial charge in [0.05, 0.1) is 17.0 Å². The Labute approximate surface area is 134 Å². The molecule has 7 heteroatoms. The van der Waals surface area contributed by atoms with E-state index < -0.39 is 10.0 Å². The highest BCUT2D eigenvalue weighted by molar-refractivity contribution is 7.89. The molecule has 0 radical (unpaired) electrons. The third kappa shape index (κ3) is 3.91. The average molecular weight is 342 g/mol. The molecule has 0 saturated carbocycles. The number of sulfonamides is 1. The van der Waals surface area contributed by atoms with E-state index in [2.05, 4.69) is 4.72 Å². The van der Waals surface area contributed by atoms with E-state index in [0.29, 0.717) is 17.7 Å². The van der Waals surface area contributed by atoms with Crippen LogP contribution < -0.4 is 9.46 Å². The first kappa shape index (κ1) is 16.6. The third-order valence-corrected chi connectivity index (χ3v) is 4.87. The van der Waals surface area contributed by atoms with Gasteiger partial charge in [-0.1, -0.05) is 29.8 Å². The average Bonchev–Trinajstić information content (AvgIpc) is 2.49. The molecule has 22 heavy (non-hydrogen) atoms. The number of rotatable bonds is 6. The molecule has 0 aromatic heterocycles. The molecule has 2 N–H and O–H groups in total. The Hall–Kier alpha value is -1.76. The fourth-order valence-corrected chi connectivity index (χ4v) is 3.32. The van der Waals surface area contributed by atoms with Crippen LogP contribution in [0.3, 0.4) is 0 Å². The van der Waals surface area contributed by atoms with Gasteiger partial charge in [0.25, 0.3) is 0 Å². The molecule has 0 aliphatic heterocycles. The lowest BCUT2D eigenvalue weighted by Crippen LogP contribution is -2.26. The van der Waals surface area contributed by atoms with Crippen molar-refractivity contribution < 1.29 is 18.3 Å². The number of phenols is 1. The molecule has 2 rings (SSSR count). The topological polar surface area (TPSA) is 75.6 Å². The monoisotopic (exact) mass is 341 g/mol. The maximum Gasteiger partial charge on any atom is 0.240 e. The third-order valence-electron chi connectivity index (χ3n) is 3.11. The van der Waals surface area contributed by atoms with Crippen LogP contribution in [0.2, 0.25) is 5.02 Å². The fourth-order valence-electron chi connectivity index (χ4n) is 1.94. The molecule has 0 amide bonds. The van der Waals surface area contributed by atoms with E-state index in [1.807, 2.05) is 0 Å². The summed E-state index contributed by atoms with van der Waals surface area (Å²) >= 11 is 5.94. The standard InChI is InChI=1S/C15H16ClNO4S/c1-21-15-7-6-12(10-13(15)16)22(19,20)17-9-8-11-4-2-3-5-14(11)18/h2-7,10,17-18H,8-9H2,1H3. The van der Waals surface area contributed by atoms with Crippen molar-refractivity contribution in [1.29, 1.82) is 0 Å². The van der Waals surface area contributed by atoms with E-state index in [9.17, 15) is 13.5 Å². The minimum Gasteiger partial charge on any atom is -0.508 e. The van der Waals surface area contributed by atoms with E-state index in [0.717, 1.165) is 0 Å². The molecular formula is C15H16ClNO4S. The maximum absolute atomic E-state index is 12.2. The minimum atomic E-state index is -3.66. The number of aromatic hydroxyl groups is 1. The minimum absolute atomic E-state index is 0.0654. The Morgan fingerprint density at radius 2 is 1.95 bits per heavy atom. The Kier molecular flexibility index (Phi) is 5.28. The summed E-state index contributed by atoms with van der Waals surface area (Å²) in [5.41, 5.74) is 0.679. The molecule has 0 unspecified atom stereocenters. The van der Waals surface area contributed by atoms with Crippen LogP contribution in [0, 0.1) is 0 Å². The van der Waals surface area contributed by atoms with Gasteiger partial charge in [0.15, 0.2) is 0 Å². The van der Waals surface area contributed by atoms with Gasteiger partial charge >= 0.3 is 0 Å². The number of hydrogen-bond acceptors (Lipinski definition) is 4. The van der Waals surface area contributed by atoms with Crippen LogP contribution in [-0.4, -0.2) is 27.2 Å². The molecule has 0 saturated heterocycles. The number of hydrogen-bond donors (Lipinski definition) is 2. The molecule has 0 fully saturated rings. The lowest BCUT2D eigenvalue weighted by atomic mass is 10.1. The van der Waals surface area contributed by atoms with E-state index in [1.165, 1.54) is 25.3 Å². The van der Waals surface area contributed by atoms with Gasteiger partial charge in [-0.25, -0.2) is 13.1 Å². The molecule has 0 atom stereocenters. The molecule has 0 aliphatic rings. The Bertz CT molecular complexity index is 762. The summed E-state index contributed by atoms with van der Waals surface area (Å²) in [6.07, 6.45) is 0.385. The van der Waals surface area contributed by atoms with Crippen LogP contribution in [0.4, 0.5) is 0 Å². The van der Waals surface area contributed by atoms with Crippen molar-refractivity contribution in [3.05, 3.63) is 53.1 Å². The second-order valence-electron chi connectivity index (χ2n) is 4.57. The van der Waals surface area contributed by atoms with Gasteiger partial charge in [0.1, 0.15) is 11.5 Å². The van der Waals surface area contributed by atoms with Gasteiger partial charge in [-0.05, 0) is 36.2 Å². The van der Waals surface area contributed by atoms with Crippen molar-refractivity contribution >= 4 is 21.6 Å². The van der Waals surface area contributed by atoms with Crippen molar-refractivity contribution in [3.8, 4) is 11.5 Å². The number of para-hydroxylation sites is 1. The van der Waals surface area contributed by atoms with Crippen molar-refractivity contribution in [2.24, 2.45) is 0 Å². The Balaban J connectivity index is 2.05. The molecule has 2 aromatic rings. The number of phenolic OH excluding ortho intramolecular Hbond substituents is 1. The van der Waals surface area contributed by atoms with E-state index in [4.69, 9.17) is 16.3 Å². The maximum atomic E-state index is 12.2. The fraction of sp³-hybridized carbons (Fsp3) is 0.200. The predicted octanol–water partition coefficient (Wildman–Crippen LogP) is 2.58. The summed E-state index contributed by atoms with van der Waals surface area (Å²) in [5.74, 6) is 0.559. The number of nitrogens with one attached hydrogen (secondary N) is 1. The van der Waals surface area contributed by atoms with E-state index in [-0.39, 0.29) is 22.2 Å². The number of ether oxygens (including phenoxy) is 1. The van der Waals surface area contributed by atoms with Gasteiger partial charge in [0.2, 0.25) is 10.0 Å². The molecule has 0 aliphatic carbocycles. The second kappa shape index (κ2) is 7.00.